The molecule has 0 aromatic heterocycles. The maximum Gasteiger partial charge on any atom is 0.392 e. The summed E-state index contributed by atoms with van der Waals surface area (Å²) in [6.07, 6.45) is 0.279. The summed E-state index contributed by atoms with van der Waals surface area (Å²) in [6, 6.07) is 4.56. The summed E-state index contributed by atoms with van der Waals surface area (Å²) in [5, 5.41) is 12.8. The average Bonchev–Trinajstić information content (AvgIpc) is 3.56. The fraction of sp³-hybridized carbons (Fsp3) is 0.500. The lowest BCUT2D eigenvalue weighted by Gasteiger charge is -2.31. The maximum absolute atomic E-state index is 13.6. The summed E-state index contributed by atoms with van der Waals surface area (Å²) >= 11 is 12.2. The van der Waals surface area contributed by atoms with Gasteiger partial charge >= 0.3 is 12.1 Å². The van der Waals surface area contributed by atoms with Gasteiger partial charge in [0.2, 0.25) is 5.91 Å². The van der Waals surface area contributed by atoms with E-state index in [0.29, 0.717) is 23.4 Å². The van der Waals surface area contributed by atoms with Crippen LogP contribution in [-0.4, -0.2) is 29.8 Å². The van der Waals surface area contributed by atoms with E-state index in [1.165, 1.54) is 24.3 Å². The molecule has 0 aliphatic heterocycles. The van der Waals surface area contributed by atoms with E-state index >= 15 is 0 Å². The zero-order valence-electron chi connectivity index (χ0n) is 18.7. The van der Waals surface area contributed by atoms with Gasteiger partial charge in [-0.1, -0.05) is 48.3 Å². The second-order valence-electron chi connectivity index (χ2n) is 8.73. The first kappa shape index (κ1) is 26.6. The molecule has 3 rings (SSSR count). The number of hydrogen-bond acceptors (Lipinski definition) is 3. The standard InChI is InChI=1S/C24H26Cl2F3NO4/c1-3-34-20(23(10-11-23)22(32)33)15-6-9-17(26)18(12-15)30-21(31)19(13(2)24(27,28)29)14-4-7-16(25)8-5-14/h4,6-9,12-14,19-20H,3,5,10-11H2,1-2H3,(H,30,31)(H,32,33)/t13-,14?,19+,20?/m1/s1. The van der Waals surface area contributed by atoms with E-state index in [1.807, 2.05) is 0 Å². The van der Waals surface area contributed by atoms with Crippen LogP contribution in [0.3, 0.4) is 0 Å². The van der Waals surface area contributed by atoms with Crippen LogP contribution in [0, 0.1) is 23.2 Å². The van der Waals surface area contributed by atoms with Gasteiger partial charge < -0.3 is 15.2 Å². The van der Waals surface area contributed by atoms with Crippen LogP contribution >= 0.6 is 23.2 Å². The number of allylic oxidation sites excluding steroid dienone is 4. The van der Waals surface area contributed by atoms with Crippen molar-refractivity contribution in [3.05, 3.63) is 52.0 Å². The molecule has 10 heteroatoms. The van der Waals surface area contributed by atoms with Crippen LogP contribution < -0.4 is 5.32 Å². The quantitative estimate of drug-likeness (QED) is 0.379. The van der Waals surface area contributed by atoms with E-state index in [-0.39, 0.29) is 23.7 Å². The zero-order valence-corrected chi connectivity index (χ0v) is 20.2. The number of carbonyl (C=O) groups is 2. The van der Waals surface area contributed by atoms with Gasteiger partial charge in [-0.15, -0.1) is 0 Å². The van der Waals surface area contributed by atoms with Crippen LogP contribution in [0.2, 0.25) is 5.02 Å². The molecule has 0 saturated heterocycles. The predicted octanol–water partition coefficient (Wildman–Crippen LogP) is 6.73. The summed E-state index contributed by atoms with van der Waals surface area (Å²) in [5.41, 5.74) is -0.492. The van der Waals surface area contributed by atoms with Gasteiger partial charge in [0.25, 0.3) is 0 Å². The van der Waals surface area contributed by atoms with Crippen molar-refractivity contribution in [3.8, 4) is 0 Å². The van der Waals surface area contributed by atoms with Crippen molar-refractivity contribution in [2.45, 2.75) is 45.4 Å². The van der Waals surface area contributed by atoms with Crippen molar-refractivity contribution in [2.75, 3.05) is 11.9 Å². The molecule has 0 spiro atoms. The maximum atomic E-state index is 13.6. The van der Waals surface area contributed by atoms with Crippen LogP contribution in [0.1, 0.15) is 44.8 Å². The predicted molar refractivity (Wildman–Crippen MR) is 124 cm³/mol. The first-order chi connectivity index (χ1) is 15.9. The van der Waals surface area contributed by atoms with Gasteiger partial charge in [-0.3, -0.25) is 9.59 Å². The minimum absolute atomic E-state index is 0.0998. The smallest absolute Gasteiger partial charge is 0.392 e. The molecule has 2 aliphatic carbocycles. The van der Waals surface area contributed by atoms with E-state index in [0.717, 1.165) is 6.92 Å². The molecule has 5 nitrogen and oxygen atoms in total. The zero-order chi connectivity index (χ0) is 25.3. The summed E-state index contributed by atoms with van der Waals surface area (Å²) in [4.78, 5) is 25.0. The first-order valence-corrected chi connectivity index (χ1v) is 11.7. The molecule has 2 N–H and O–H groups in total. The highest BCUT2D eigenvalue weighted by Gasteiger charge is 2.57. The van der Waals surface area contributed by atoms with Crippen molar-refractivity contribution in [2.24, 2.45) is 23.2 Å². The average molecular weight is 520 g/mol. The Morgan fingerprint density at radius 3 is 2.47 bits per heavy atom. The Morgan fingerprint density at radius 2 is 1.97 bits per heavy atom. The first-order valence-electron chi connectivity index (χ1n) is 11.0. The molecule has 0 bridgehead atoms. The molecular weight excluding hydrogens is 494 g/mol. The Morgan fingerprint density at radius 1 is 1.29 bits per heavy atom. The summed E-state index contributed by atoms with van der Waals surface area (Å²) in [7, 11) is 0. The number of hydrogen-bond donors (Lipinski definition) is 2. The lowest BCUT2D eigenvalue weighted by molar-refractivity contribution is -0.188. The van der Waals surface area contributed by atoms with Crippen LogP contribution in [0.5, 0.6) is 0 Å². The molecule has 0 radical (unpaired) electrons. The van der Waals surface area contributed by atoms with Crippen LogP contribution in [0.4, 0.5) is 18.9 Å². The van der Waals surface area contributed by atoms with E-state index in [2.05, 4.69) is 5.32 Å². The largest absolute Gasteiger partial charge is 0.481 e. The van der Waals surface area contributed by atoms with Crippen molar-refractivity contribution < 1.29 is 32.6 Å². The molecular formula is C24H26Cl2F3NO4. The van der Waals surface area contributed by atoms with Crippen molar-refractivity contribution in [1.29, 1.82) is 0 Å². The highest BCUT2D eigenvalue weighted by atomic mass is 35.5. The molecule has 1 amide bonds. The van der Waals surface area contributed by atoms with E-state index in [1.54, 1.807) is 19.1 Å². The van der Waals surface area contributed by atoms with Crippen molar-refractivity contribution in [3.63, 3.8) is 0 Å². The van der Waals surface area contributed by atoms with Crippen LogP contribution in [-0.2, 0) is 14.3 Å². The number of rotatable bonds is 9. The minimum atomic E-state index is -4.59. The highest BCUT2D eigenvalue weighted by Crippen LogP contribution is 2.57. The number of anilines is 1. The van der Waals surface area contributed by atoms with Crippen LogP contribution in [0.25, 0.3) is 0 Å². The Hall–Kier alpha value is -2.03. The molecule has 2 aliphatic rings. The third kappa shape index (κ3) is 5.61. The van der Waals surface area contributed by atoms with Gasteiger partial charge in [-0.25, -0.2) is 0 Å². The number of nitrogens with one attached hydrogen (secondary N) is 1. The number of alkyl halides is 3. The molecule has 2 unspecified atom stereocenters. The van der Waals surface area contributed by atoms with Crippen molar-refractivity contribution >= 4 is 40.8 Å². The van der Waals surface area contributed by atoms with Crippen molar-refractivity contribution in [1.82, 2.24) is 0 Å². The lowest BCUT2D eigenvalue weighted by atomic mass is 9.78. The Bertz CT molecular complexity index is 1000. The van der Waals surface area contributed by atoms with Crippen LogP contribution in [0.15, 0.2) is 41.5 Å². The molecule has 1 aromatic carbocycles. The van der Waals surface area contributed by atoms with E-state index in [9.17, 15) is 27.9 Å². The number of ether oxygens (including phenoxy) is 1. The van der Waals surface area contributed by atoms with Gasteiger partial charge in [0, 0.05) is 11.6 Å². The molecule has 1 saturated carbocycles. The fourth-order valence-corrected chi connectivity index (χ4v) is 4.68. The number of aliphatic carboxylic acids is 1. The number of carbonyl (C=O) groups excluding carboxylic acids is 1. The topological polar surface area (TPSA) is 75.6 Å². The molecule has 4 atom stereocenters. The molecule has 1 fully saturated rings. The second kappa shape index (κ2) is 10.3. The van der Waals surface area contributed by atoms with Gasteiger partial charge in [-0.2, -0.15) is 13.2 Å². The third-order valence-electron chi connectivity index (χ3n) is 6.51. The number of amides is 1. The number of halogens is 5. The van der Waals surface area contributed by atoms with E-state index in [4.69, 9.17) is 27.9 Å². The Labute approximate surface area is 205 Å². The van der Waals surface area contributed by atoms with E-state index < -0.39 is 47.3 Å². The normalized spacial score (nSPS) is 21.9. The number of benzene rings is 1. The van der Waals surface area contributed by atoms with Gasteiger partial charge in [0.1, 0.15) is 0 Å². The van der Waals surface area contributed by atoms with Gasteiger partial charge in [0.05, 0.1) is 34.1 Å². The molecule has 34 heavy (non-hydrogen) atoms. The second-order valence-corrected chi connectivity index (χ2v) is 9.57. The Kier molecular flexibility index (Phi) is 8.05. The SMILES string of the molecule is CCOC(c1ccc(Cl)c(NC(=O)[C@H](C2C=CC(Cl)=CC2)[C@@H](C)C(F)(F)F)c1)C1(C(=O)O)CC1. The highest BCUT2D eigenvalue weighted by molar-refractivity contribution is 6.33. The number of carboxylic acid groups (broad SMARTS) is 1. The molecule has 186 valence electrons. The summed E-state index contributed by atoms with van der Waals surface area (Å²) < 4.78 is 46.6. The Balaban J connectivity index is 1.91. The van der Waals surface area contributed by atoms with Gasteiger partial charge in [0.15, 0.2) is 0 Å². The third-order valence-corrected chi connectivity index (χ3v) is 7.12. The lowest BCUT2D eigenvalue weighted by Crippen LogP contribution is -2.40. The summed E-state index contributed by atoms with van der Waals surface area (Å²) in [6.45, 7) is 2.98. The fourth-order valence-electron chi connectivity index (χ4n) is 4.36. The molecule has 0 heterocycles. The molecule has 1 aromatic rings. The summed E-state index contributed by atoms with van der Waals surface area (Å²) in [5.74, 6) is -5.88. The number of carboxylic acids is 1. The monoisotopic (exact) mass is 519 g/mol. The van der Waals surface area contributed by atoms with Gasteiger partial charge in [-0.05, 0) is 55.9 Å². The minimum Gasteiger partial charge on any atom is -0.481 e.